The number of carbonyl (C=O) groups excluding carboxylic acids is 1. The summed E-state index contributed by atoms with van der Waals surface area (Å²) in [6, 6.07) is 6.08. The van der Waals surface area contributed by atoms with Gasteiger partial charge in [0.05, 0.1) is 0 Å². The molecule has 3 nitrogen and oxygen atoms in total. The van der Waals surface area contributed by atoms with Crippen molar-refractivity contribution in [2.45, 2.75) is 52.1 Å². The van der Waals surface area contributed by atoms with Crippen LogP contribution in [0.15, 0.2) is 18.2 Å². The lowest BCUT2D eigenvalue weighted by atomic mass is 9.87. The zero-order chi connectivity index (χ0) is 15.6. The van der Waals surface area contributed by atoms with Crippen molar-refractivity contribution >= 4 is 17.7 Å². The van der Waals surface area contributed by atoms with Crippen LogP contribution in [0, 0.1) is 6.92 Å². The molecule has 0 atom stereocenters. The molecule has 2 rings (SSSR count). The minimum Gasteiger partial charge on any atom is -0.444 e. The molecule has 1 saturated heterocycles. The first-order valence-corrected chi connectivity index (χ1v) is 7.88. The van der Waals surface area contributed by atoms with Crippen LogP contribution in [0.2, 0.25) is 5.02 Å². The van der Waals surface area contributed by atoms with Crippen molar-refractivity contribution in [1.82, 2.24) is 4.90 Å². The number of ether oxygens (including phenoxy) is 1. The van der Waals surface area contributed by atoms with Crippen molar-refractivity contribution in [2.24, 2.45) is 0 Å². The molecule has 4 heteroatoms. The van der Waals surface area contributed by atoms with Gasteiger partial charge in [-0.25, -0.2) is 4.79 Å². The van der Waals surface area contributed by atoms with Gasteiger partial charge in [0.25, 0.3) is 0 Å². The second-order valence-corrected chi connectivity index (χ2v) is 7.18. The molecule has 21 heavy (non-hydrogen) atoms. The Morgan fingerprint density at radius 3 is 2.43 bits per heavy atom. The van der Waals surface area contributed by atoms with Gasteiger partial charge >= 0.3 is 6.09 Å². The smallest absolute Gasteiger partial charge is 0.410 e. The van der Waals surface area contributed by atoms with E-state index < -0.39 is 5.60 Å². The van der Waals surface area contributed by atoms with Crippen molar-refractivity contribution in [1.29, 1.82) is 0 Å². The van der Waals surface area contributed by atoms with Gasteiger partial charge < -0.3 is 9.64 Å². The normalized spacial score (nSPS) is 16.9. The minimum absolute atomic E-state index is 0.200. The molecule has 0 saturated carbocycles. The molecule has 1 heterocycles. The number of rotatable bonds is 1. The molecule has 0 aromatic heterocycles. The molecule has 0 N–H and O–H groups in total. The Kier molecular flexibility index (Phi) is 4.82. The Morgan fingerprint density at radius 1 is 1.29 bits per heavy atom. The summed E-state index contributed by atoms with van der Waals surface area (Å²) in [7, 11) is 0. The molecule has 1 aliphatic rings. The number of nitrogens with zero attached hydrogens (tertiary/aromatic N) is 1. The maximum Gasteiger partial charge on any atom is 0.410 e. The zero-order valence-electron chi connectivity index (χ0n) is 13.3. The lowest BCUT2D eigenvalue weighted by Gasteiger charge is -2.34. The summed E-state index contributed by atoms with van der Waals surface area (Å²) in [6.07, 6.45) is 1.75. The number of amides is 1. The van der Waals surface area contributed by atoms with Gasteiger partial charge in [-0.05, 0) is 69.7 Å². The second-order valence-electron chi connectivity index (χ2n) is 6.74. The Hall–Kier alpha value is -1.22. The predicted octanol–water partition coefficient (Wildman–Crippen LogP) is 4.76. The fourth-order valence-corrected chi connectivity index (χ4v) is 3.02. The Labute approximate surface area is 132 Å². The van der Waals surface area contributed by atoms with Crippen LogP contribution in [0.25, 0.3) is 0 Å². The molecule has 1 aliphatic heterocycles. The lowest BCUT2D eigenvalue weighted by Crippen LogP contribution is -2.41. The van der Waals surface area contributed by atoms with Crippen LogP contribution < -0.4 is 0 Å². The van der Waals surface area contributed by atoms with Crippen LogP contribution in [0.3, 0.4) is 0 Å². The van der Waals surface area contributed by atoms with Crippen LogP contribution in [0.5, 0.6) is 0 Å². The van der Waals surface area contributed by atoms with Gasteiger partial charge in [-0.2, -0.15) is 0 Å². The first-order chi connectivity index (χ1) is 9.76. The highest BCUT2D eigenvalue weighted by Gasteiger charge is 2.27. The van der Waals surface area contributed by atoms with Gasteiger partial charge in [0.15, 0.2) is 0 Å². The standard InChI is InChI=1S/C17H24ClNO2/c1-12-11-14(18)5-6-15(12)13-7-9-19(10-8-13)16(20)21-17(2,3)4/h5-6,11,13H,7-10H2,1-4H3. The van der Waals surface area contributed by atoms with E-state index in [0.29, 0.717) is 5.92 Å². The molecular weight excluding hydrogens is 286 g/mol. The Morgan fingerprint density at radius 2 is 1.90 bits per heavy atom. The molecule has 1 amide bonds. The summed E-state index contributed by atoms with van der Waals surface area (Å²) in [6.45, 7) is 9.29. The van der Waals surface area contributed by atoms with Crippen LogP contribution in [0.4, 0.5) is 4.79 Å². The van der Waals surface area contributed by atoms with Crippen molar-refractivity contribution in [3.63, 3.8) is 0 Å². The van der Waals surface area contributed by atoms with E-state index in [4.69, 9.17) is 16.3 Å². The molecule has 0 radical (unpaired) electrons. The first-order valence-electron chi connectivity index (χ1n) is 7.50. The van der Waals surface area contributed by atoms with E-state index in [1.165, 1.54) is 11.1 Å². The molecule has 0 aliphatic carbocycles. The number of halogens is 1. The van der Waals surface area contributed by atoms with E-state index in [0.717, 1.165) is 31.0 Å². The Bertz CT molecular complexity index is 514. The average Bonchev–Trinajstić information content (AvgIpc) is 2.37. The number of hydrogen-bond acceptors (Lipinski definition) is 2. The quantitative estimate of drug-likeness (QED) is 0.748. The lowest BCUT2D eigenvalue weighted by molar-refractivity contribution is 0.0205. The number of likely N-dealkylation sites (tertiary alicyclic amines) is 1. The van der Waals surface area contributed by atoms with Crippen molar-refractivity contribution in [3.8, 4) is 0 Å². The molecule has 1 fully saturated rings. The third-order valence-electron chi connectivity index (χ3n) is 3.82. The van der Waals surface area contributed by atoms with Gasteiger partial charge in [-0.3, -0.25) is 0 Å². The SMILES string of the molecule is Cc1cc(Cl)ccc1C1CCN(C(=O)OC(C)(C)C)CC1. The highest BCUT2D eigenvalue weighted by molar-refractivity contribution is 6.30. The van der Waals surface area contributed by atoms with Crippen LogP contribution in [-0.2, 0) is 4.74 Å². The maximum absolute atomic E-state index is 12.1. The molecule has 116 valence electrons. The van der Waals surface area contributed by atoms with Crippen LogP contribution >= 0.6 is 11.6 Å². The average molecular weight is 310 g/mol. The van der Waals surface area contributed by atoms with Crippen molar-refractivity contribution in [2.75, 3.05) is 13.1 Å². The maximum atomic E-state index is 12.1. The Balaban J connectivity index is 1.95. The number of carbonyl (C=O) groups is 1. The zero-order valence-corrected chi connectivity index (χ0v) is 14.0. The molecule has 0 spiro atoms. The van der Waals surface area contributed by atoms with Gasteiger partial charge in [0, 0.05) is 18.1 Å². The summed E-state index contributed by atoms with van der Waals surface area (Å²) in [5, 5.41) is 0.780. The number of hydrogen-bond donors (Lipinski definition) is 0. The van der Waals surface area contributed by atoms with Gasteiger partial charge in [0.1, 0.15) is 5.60 Å². The highest BCUT2D eigenvalue weighted by atomic mass is 35.5. The van der Waals surface area contributed by atoms with E-state index in [-0.39, 0.29) is 6.09 Å². The third-order valence-corrected chi connectivity index (χ3v) is 4.05. The van der Waals surface area contributed by atoms with E-state index >= 15 is 0 Å². The summed E-state index contributed by atoms with van der Waals surface area (Å²) in [5.74, 6) is 0.501. The fourth-order valence-electron chi connectivity index (χ4n) is 2.80. The van der Waals surface area contributed by atoms with Gasteiger partial charge in [-0.1, -0.05) is 17.7 Å². The summed E-state index contributed by atoms with van der Waals surface area (Å²) in [4.78, 5) is 13.9. The number of piperidine rings is 1. The monoisotopic (exact) mass is 309 g/mol. The molecule has 0 unspecified atom stereocenters. The molecule has 1 aromatic rings. The minimum atomic E-state index is -0.430. The summed E-state index contributed by atoms with van der Waals surface area (Å²) < 4.78 is 5.43. The van der Waals surface area contributed by atoms with E-state index in [1.807, 2.05) is 37.8 Å². The fraction of sp³-hybridized carbons (Fsp3) is 0.588. The highest BCUT2D eigenvalue weighted by Crippen LogP contribution is 2.31. The van der Waals surface area contributed by atoms with E-state index in [2.05, 4.69) is 13.0 Å². The van der Waals surface area contributed by atoms with Gasteiger partial charge in [-0.15, -0.1) is 0 Å². The van der Waals surface area contributed by atoms with Crippen LogP contribution in [0.1, 0.15) is 50.7 Å². The van der Waals surface area contributed by atoms with Gasteiger partial charge in [0.2, 0.25) is 0 Å². The van der Waals surface area contributed by atoms with E-state index in [1.54, 1.807) is 0 Å². The summed E-state index contributed by atoms with van der Waals surface area (Å²) in [5.41, 5.74) is 2.15. The third kappa shape index (κ3) is 4.37. The van der Waals surface area contributed by atoms with Crippen molar-refractivity contribution in [3.05, 3.63) is 34.3 Å². The second kappa shape index (κ2) is 6.27. The number of aryl methyl sites for hydroxylation is 1. The summed E-state index contributed by atoms with van der Waals surface area (Å²) >= 11 is 6.01. The molecule has 0 bridgehead atoms. The molecule has 1 aromatic carbocycles. The predicted molar refractivity (Wildman–Crippen MR) is 86.0 cm³/mol. The topological polar surface area (TPSA) is 29.5 Å². The van der Waals surface area contributed by atoms with Crippen molar-refractivity contribution < 1.29 is 9.53 Å². The first kappa shape index (κ1) is 16.2. The number of benzene rings is 1. The van der Waals surface area contributed by atoms with E-state index in [9.17, 15) is 4.79 Å². The van der Waals surface area contributed by atoms with Crippen LogP contribution in [-0.4, -0.2) is 29.7 Å². The largest absolute Gasteiger partial charge is 0.444 e. The molecular formula is C17H24ClNO2.